The first-order valence-electron chi connectivity index (χ1n) is 13.0. The van der Waals surface area contributed by atoms with Crippen molar-refractivity contribution in [1.29, 1.82) is 0 Å². The molecular formula is C28H32F2N6O. The third kappa shape index (κ3) is 4.35. The highest BCUT2D eigenvalue weighted by molar-refractivity contribution is 5.81. The summed E-state index contributed by atoms with van der Waals surface area (Å²) in [6, 6.07) is 8.04. The van der Waals surface area contributed by atoms with Gasteiger partial charge >= 0.3 is 0 Å². The van der Waals surface area contributed by atoms with E-state index in [1.54, 1.807) is 37.1 Å². The Morgan fingerprint density at radius 3 is 2.54 bits per heavy atom. The van der Waals surface area contributed by atoms with Gasteiger partial charge in [0, 0.05) is 99.7 Å². The maximum atomic E-state index is 14.4. The molecule has 6 rings (SSSR count). The lowest BCUT2D eigenvalue weighted by Gasteiger charge is -2.36. The van der Waals surface area contributed by atoms with Gasteiger partial charge in [-0.1, -0.05) is 0 Å². The maximum absolute atomic E-state index is 14.4. The lowest BCUT2D eigenvalue weighted by molar-refractivity contribution is -0.129. The molecule has 37 heavy (non-hydrogen) atoms. The lowest BCUT2D eigenvalue weighted by Crippen LogP contribution is -2.43. The largest absolute Gasteiger partial charge is 0.369 e. The summed E-state index contributed by atoms with van der Waals surface area (Å²) in [5.41, 5.74) is 7.62. The van der Waals surface area contributed by atoms with Gasteiger partial charge in [-0.15, -0.1) is 0 Å². The molecule has 9 heteroatoms. The Kier molecular flexibility index (Phi) is 6.10. The number of aryl methyl sites for hydroxylation is 2. The average molecular weight is 507 g/mol. The van der Waals surface area contributed by atoms with Crippen molar-refractivity contribution in [3.8, 4) is 11.1 Å². The second-order valence-electron chi connectivity index (χ2n) is 10.2. The molecule has 3 aromatic rings. The van der Waals surface area contributed by atoms with Gasteiger partial charge in [0.05, 0.1) is 6.20 Å². The summed E-state index contributed by atoms with van der Waals surface area (Å²) >= 11 is 0. The van der Waals surface area contributed by atoms with Gasteiger partial charge in [-0.3, -0.25) is 9.48 Å². The minimum Gasteiger partial charge on any atom is -0.369 e. The van der Waals surface area contributed by atoms with E-state index in [0.29, 0.717) is 24.2 Å². The molecule has 1 aromatic heterocycles. The molecule has 1 saturated heterocycles. The first-order valence-corrected chi connectivity index (χ1v) is 13.0. The number of anilines is 3. The van der Waals surface area contributed by atoms with Crippen LogP contribution in [0.3, 0.4) is 0 Å². The molecule has 4 heterocycles. The fourth-order valence-corrected chi connectivity index (χ4v) is 5.93. The number of rotatable bonds is 4. The van der Waals surface area contributed by atoms with Crippen molar-refractivity contribution in [1.82, 2.24) is 20.0 Å². The molecule has 194 valence electrons. The quantitative estimate of drug-likeness (QED) is 0.569. The monoisotopic (exact) mass is 506 g/mol. The van der Waals surface area contributed by atoms with Gasteiger partial charge in [-0.2, -0.15) is 5.10 Å². The number of alkyl halides is 2. The number of fused-ring (bicyclic) bond motifs is 2. The zero-order valence-corrected chi connectivity index (χ0v) is 21.3. The van der Waals surface area contributed by atoms with E-state index in [4.69, 9.17) is 0 Å². The Bertz CT molecular complexity index is 1350. The van der Waals surface area contributed by atoms with Gasteiger partial charge in [-0.05, 0) is 53.8 Å². The van der Waals surface area contributed by atoms with Crippen LogP contribution in [0.4, 0.5) is 25.8 Å². The number of nitrogens with zero attached hydrogens (tertiary/aromatic N) is 5. The van der Waals surface area contributed by atoms with Gasteiger partial charge in [0.2, 0.25) is 5.91 Å². The number of hydrogen-bond acceptors (Lipinski definition) is 5. The standard InChI is InChI=1S/C28H32F2N6O/c1-18(37)35-16-20-10-22(34-8-5-31-6-9-34)12-27(25(20)17-35)36-7-3-4-19-11-23(21-14-32-33(2)15-21)24(28(29)30)13-26(19)36/h10-15,28,31H,3-9,16-17H2,1-2H3. The number of halogens is 2. The molecule has 0 unspecified atom stereocenters. The van der Waals surface area contributed by atoms with Crippen LogP contribution in [-0.4, -0.2) is 53.3 Å². The van der Waals surface area contributed by atoms with E-state index in [1.165, 1.54) is 0 Å². The Balaban J connectivity index is 1.48. The van der Waals surface area contributed by atoms with Crippen LogP contribution < -0.4 is 15.1 Å². The number of aromatic nitrogens is 2. The first kappa shape index (κ1) is 23.9. The predicted octanol–water partition coefficient (Wildman–Crippen LogP) is 4.38. The van der Waals surface area contributed by atoms with E-state index in [9.17, 15) is 13.6 Å². The van der Waals surface area contributed by atoms with Crippen molar-refractivity contribution < 1.29 is 13.6 Å². The number of piperazine rings is 1. The second kappa shape index (κ2) is 9.45. The topological polar surface area (TPSA) is 56.6 Å². The van der Waals surface area contributed by atoms with Crippen LogP contribution in [0.5, 0.6) is 0 Å². The molecule has 1 amide bonds. The van der Waals surface area contributed by atoms with Gasteiger partial charge in [0.25, 0.3) is 6.43 Å². The minimum absolute atomic E-state index is 0.0268. The Labute approximate surface area is 215 Å². The molecule has 0 radical (unpaired) electrons. The zero-order chi connectivity index (χ0) is 25.7. The summed E-state index contributed by atoms with van der Waals surface area (Å²) in [7, 11) is 1.79. The summed E-state index contributed by atoms with van der Waals surface area (Å²) in [5, 5.41) is 7.61. The molecule has 3 aliphatic heterocycles. The molecule has 0 spiro atoms. The Hall–Kier alpha value is -3.46. The van der Waals surface area contributed by atoms with E-state index in [-0.39, 0.29) is 11.5 Å². The molecule has 3 aliphatic rings. The first-order chi connectivity index (χ1) is 17.9. The van der Waals surface area contributed by atoms with Crippen LogP contribution in [0, 0.1) is 0 Å². The third-order valence-electron chi connectivity index (χ3n) is 7.85. The number of nitrogens with one attached hydrogen (secondary N) is 1. The smallest absolute Gasteiger partial charge is 0.264 e. The van der Waals surface area contributed by atoms with Crippen molar-refractivity contribution in [3.63, 3.8) is 0 Å². The number of amides is 1. The van der Waals surface area contributed by atoms with Gasteiger partial charge in [0.15, 0.2) is 0 Å². The second-order valence-corrected chi connectivity index (χ2v) is 10.2. The van der Waals surface area contributed by atoms with E-state index in [1.807, 2.05) is 11.0 Å². The highest BCUT2D eigenvalue weighted by Crippen LogP contribution is 2.45. The molecule has 0 saturated carbocycles. The van der Waals surface area contributed by atoms with Gasteiger partial charge in [0.1, 0.15) is 0 Å². The number of carbonyl (C=O) groups is 1. The predicted molar refractivity (Wildman–Crippen MR) is 140 cm³/mol. The molecule has 1 N–H and O–H groups in total. The number of carbonyl (C=O) groups excluding carboxylic acids is 1. The van der Waals surface area contributed by atoms with E-state index >= 15 is 0 Å². The van der Waals surface area contributed by atoms with Crippen molar-refractivity contribution in [2.24, 2.45) is 7.05 Å². The summed E-state index contributed by atoms with van der Waals surface area (Å²) in [4.78, 5) is 18.7. The van der Waals surface area contributed by atoms with E-state index < -0.39 is 6.43 Å². The van der Waals surface area contributed by atoms with Crippen LogP contribution >= 0.6 is 0 Å². The van der Waals surface area contributed by atoms with Crippen LogP contribution in [-0.2, 0) is 31.4 Å². The number of hydrogen-bond donors (Lipinski definition) is 1. The molecule has 1 fully saturated rings. The normalized spacial score (nSPS) is 17.4. The molecular weight excluding hydrogens is 474 g/mol. The van der Waals surface area contributed by atoms with Crippen molar-refractivity contribution in [3.05, 3.63) is 58.9 Å². The summed E-state index contributed by atoms with van der Waals surface area (Å²) in [6.07, 6.45) is 2.59. The fourth-order valence-electron chi connectivity index (χ4n) is 5.93. The minimum atomic E-state index is -2.60. The zero-order valence-electron chi connectivity index (χ0n) is 21.3. The average Bonchev–Trinajstić information content (AvgIpc) is 3.54. The highest BCUT2D eigenvalue weighted by atomic mass is 19.3. The third-order valence-corrected chi connectivity index (χ3v) is 7.85. The van der Waals surface area contributed by atoms with Crippen molar-refractivity contribution >= 4 is 23.0 Å². The summed E-state index contributed by atoms with van der Waals surface area (Å²) in [5.74, 6) is 0.0472. The van der Waals surface area contributed by atoms with Crippen LogP contribution in [0.15, 0.2) is 36.7 Å². The molecule has 0 atom stereocenters. The maximum Gasteiger partial charge on any atom is 0.264 e. The summed E-state index contributed by atoms with van der Waals surface area (Å²) in [6.45, 7) is 7.15. The van der Waals surface area contributed by atoms with E-state index in [2.05, 4.69) is 32.3 Å². The summed E-state index contributed by atoms with van der Waals surface area (Å²) < 4.78 is 30.4. The SMILES string of the molecule is CC(=O)N1Cc2cc(N3CCNCC3)cc(N3CCCc4cc(-c5cnn(C)c5)c(C(F)F)cc43)c2C1. The van der Waals surface area contributed by atoms with Gasteiger partial charge in [-0.25, -0.2) is 8.78 Å². The van der Waals surface area contributed by atoms with Crippen LogP contribution in [0.2, 0.25) is 0 Å². The van der Waals surface area contributed by atoms with Crippen LogP contribution in [0.1, 0.15) is 42.0 Å². The lowest BCUT2D eigenvalue weighted by atomic mass is 9.92. The van der Waals surface area contributed by atoms with Crippen molar-refractivity contribution in [2.75, 3.05) is 42.5 Å². The van der Waals surface area contributed by atoms with Gasteiger partial charge < -0.3 is 20.0 Å². The molecule has 0 aliphatic carbocycles. The van der Waals surface area contributed by atoms with Crippen LogP contribution in [0.25, 0.3) is 11.1 Å². The van der Waals surface area contributed by atoms with Crippen molar-refractivity contribution in [2.45, 2.75) is 39.3 Å². The highest BCUT2D eigenvalue weighted by Gasteiger charge is 2.31. The fraction of sp³-hybridized carbons (Fsp3) is 0.429. The molecule has 7 nitrogen and oxygen atoms in total. The van der Waals surface area contributed by atoms with E-state index in [0.717, 1.165) is 79.3 Å². The molecule has 2 aromatic carbocycles. The Morgan fingerprint density at radius 2 is 1.84 bits per heavy atom. The number of benzene rings is 2. The molecule has 0 bridgehead atoms. The Morgan fingerprint density at radius 1 is 1.03 bits per heavy atom.